The molecule has 1 aliphatic rings. The van der Waals surface area contributed by atoms with Crippen LogP contribution in [0.5, 0.6) is 0 Å². The van der Waals surface area contributed by atoms with Gasteiger partial charge in [-0.25, -0.2) is 4.39 Å². The lowest BCUT2D eigenvalue weighted by Gasteiger charge is -2.35. The molecule has 4 nitrogen and oxygen atoms in total. The maximum absolute atomic E-state index is 13.0. The minimum atomic E-state index is -0.201. The quantitative estimate of drug-likeness (QED) is 0.634. The number of rotatable bonds is 4. The smallest absolute Gasteiger partial charge is 0.209 e. The van der Waals surface area contributed by atoms with E-state index in [0.717, 1.165) is 41.3 Å². The predicted octanol–water partition coefficient (Wildman–Crippen LogP) is 2.73. The molecule has 2 aromatic rings. The third kappa shape index (κ3) is 3.51. The minimum absolute atomic E-state index is 0.201. The SMILES string of the molecule is C#CCSc1nnc(N2CCN(c3ccc(F)cc3)CC2)s1. The van der Waals surface area contributed by atoms with E-state index in [0.29, 0.717) is 5.75 Å². The lowest BCUT2D eigenvalue weighted by atomic mass is 10.2. The zero-order valence-electron chi connectivity index (χ0n) is 11.9. The average molecular weight is 334 g/mol. The first-order valence-electron chi connectivity index (χ1n) is 6.91. The number of thioether (sulfide) groups is 1. The Bertz CT molecular complexity index is 657. The highest BCUT2D eigenvalue weighted by Crippen LogP contribution is 2.29. The summed E-state index contributed by atoms with van der Waals surface area (Å²) in [5.74, 6) is 3.01. The van der Waals surface area contributed by atoms with Crippen LogP contribution < -0.4 is 9.80 Å². The van der Waals surface area contributed by atoms with Crippen LogP contribution in [0.4, 0.5) is 15.2 Å². The van der Waals surface area contributed by atoms with Gasteiger partial charge in [-0.2, -0.15) is 0 Å². The highest BCUT2D eigenvalue weighted by Gasteiger charge is 2.20. The van der Waals surface area contributed by atoms with Crippen LogP contribution in [0.1, 0.15) is 0 Å². The molecular formula is C15H15FN4S2. The Labute approximate surface area is 137 Å². The summed E-state index contributed by atoms with van der Waals surface area (Å²) < 4.78 is 13.9. The monoisotopic (exact) mass is 334 g/mol. The fourth-order valence-corrected chi connectivity index (χ4v) is 3.87. The van der Waals surface area contributed by atoms with Crippen molar-refractivity contribution in [2.24, 2.45) is 0 Å². The van der Waals surface area contributed by atoms with Crippen LogP contribution in [0.25, 0.3) is 0 Å². The van der Waals surface area contributed by atoms with Crippen LogP contribution in [0.2, 0.25) is 0 Å². The van der Waals surface area contributed by atoms with E-state index in [9.17, 15) is 4.39 Å². The lowest BCUT2D eigenvalue weighted by molar-refractivity contribution is 0.624. The van der Waals surface area contributed by atoms with Gasteiger partial charge in [-0.1, -0.05) is 29.0 Å². The summed E-state index contributed by atoms with van der Waals surface area (Å²) in [5, 5.41) is 9.34. The molecule has 1 aromatic carbocycles. The fraction of sp³-hybridized carbons (Fsp3) is 0.333. The molecule has 1 fully saturated rings. The molecule has 1 aliphatic heterocycles. The van der Waals surface area contributed by atoms with E-state index < -0.39 is 0 Å². The molecule has 114 valence electrons. The van der Waals surface area contributed by atoms with E-state index in [1.165, 1.54) is 12.1 Å². The molecule has 0 amide bonds. The topological polar surface area (TPSA) is 32.3 Å². The summed E-state index contributed by atoms with van der Waals surface area (Å²) in [4.78, 5) is 4.49. The first-order chi connectivity index (χ1) is 10.8. The highest BCUT2D eigenvalue weighted by molar-refractivity contribution is 8.01. The Hall–Kier alpha value is -1.78. The summed E-state index contributed by atoms with van der Waals surface area (Å²) in [6.45, 7) is 3.54. The van der Waals surface area contributed by atoms with Crippen molar-refractivity contribution in [3.05, 3.63) is 30.1 Å². The molecule has 0 N–H and O–H groups in total. The van der Waals surface area contributed by atoms with Gasteiger partial charge in [-0.15, -0.1) is 16.6 Å². The number of nitrogens with zero attached hydrogens (tertiary/aromatic N) is 4. The zero-order chi connectivity index (χ0) is 15.4. The second-order valence-corrected chi connectivity index (χ2v) is 6.97. The summed E-state index contributed by atoms with van der Waals surface area (Å²) in [6, 6.07) is 6.65. The largest absolute Gasteiger partial charge is 0.368 e. The number of benzene rings is 1. The maximum atomic E-state index is 13.0. The number of hydrogen-bond donors (Lipinski definition) is 0. The van der Waals surface area contributed by atoms with E-state index >= 15 is 0 Å². The molecule has 0 saturated carbocycles. The van der Waals surface area contributed by atoms with Crippen LogP contribution >= 0.6 is 23.1 Å². The van der Waals surface area contributed by atoms with Crippen LogP contribution in [0.15, 0.2) is 28.6 Å². The lowest BCUT2D eigenvalue weighted by Crippen LogP contribution is -2.46. The predicted molar refractivity (Wildman–Crippen MR) is 90.3 cm³/mol. The Kier molecular flexibility index (Phi) is 4.80. The van der Waals surface area contributed by atoms with E-state index in [1.54, 1.807) is 23.1 Å². The molecule has 2 heterocycles. The number of aromatic nitrogens is 2. The molecule has 7 heteroatoms. The standard InChI is InChI=1S/C15H15FN4S2/c1-2-11-21-15-18-17-14(22-15)20-9-7-19(8-10-20)13-5-3-12(16)4-6-13/h1,3-6H,7-11H2. The van der Waals surface area contributed by atoms with E-state index in [2.05, 4.69) is 25.9 Å². The molecule has 1 aromatic heterocycles. The molecule has 0 unspecified atom stereocenters. The number of hydrogen-bond acceptors (Lipinski definition) is 6. The van der Waals surface area contributed by atoms with Gasteiger partial charge >= 0.3 is 0 Å². The van der Waals surface area contributed by atoms with Crippen molar-refractivity contribution >= 4 is 33.9 Å². The van der Waals surface area contributed by atoms with Gasteiger partial charge in [0.2, 0.25) is 5.13 Å². The third-order valence-corrected chi connectivity index (χ3v) is 5.44. The number of anilines is 2. The Morgan fingerprint density at radius 3 is 2.50 bits per heavy atom. The van der Waals surface area contributed by atoms with Gasteiger partial charge in [0, 0.05) is 31.9 Å². The van der Waals surface area contributed by atoms with Gasteiger partial charge in [-0.05, 0) is 24.3 Å². The fourth-order valence-electron chi connectivity index (χ4n) is 2.30. The highest BCUT2D eigenvalue weighted by atomic mass is 32.2. The van der Waals surface area contributed by atoms with Crippen molar-refractivity contribution in [2.75, 3.05) is 41.7 Å². The summed E-state index contributed by atoms with van der Waals surface area (Å²) in [5.41, 5.74) is 1.06. The van der Waals surface area contributed by atoms with Gasteiger partial charge in [-0.3, -0.25) is 0 Å². The van der Waals surface area contributed by atoms with Gasteiger partial charge in [0.25, 0.3) is 0 Å². The van der Waals surface area contributed by atoms with Gasteiger partial charge in [0.15, 0.2) is 4.34 Å². The van der Waals surface area contributed by atoms with E-state index in [4.69, 9.17) is 6.42 Å². The molecule has 0 spiro atoms. The summed E-state index contributed by atoms with van der Waals surface area (Å²) in [6.07, 6.45) is 5.25. The first kappa shape index (κ1) is 15.1. The second-order valence-electron chi connectivity index (χ2n) is 4.79. The third-order valence-electron chi connectivity index (χ3n) is 3.42. The van der Waals surface area contributed by atoms with Gasteiger partial charge in [0.1, 0.15) is 5.82 Å². The molecule has 0 bridgehead atoms. The van der Waals surface area contributed by atoms with Crippen molar-refractivity contribution < 1.29 is 4.39 Å². The van der Waals surface area contributed by atoms with Crippen LogP contribution in [0.3, 0.4) is 0 Å². The molecule has 0 aliphatic carbocycles. The molecule has 0 radical (unpaired) electrons. The van der Waals surface area contributed by atoms with Crippen molar-refractivity contribution in [2.45, 2.75) is 4.34 Å². The van der Waals surface area contributed by atoms with E-state index in [-0.39, 0.29) is 5.82 Å². The number of piperazine rings is 1. The Morgan fingerprint density at radius 2 is 1.82 bits per heavy atom. The Balaban J connectivity index is 1.58. The van der Waals surface area contributed by atoms with Crippen molar-refractivity contribution in [1.82, 2.24) is 10.2 Å². The summed E-state index contributed by atoms with van der Waals surface area (Å²) in [7, 11) is 0. The minimum Gasteiger partial charge on any atom is -0.368 e. The van der Waals surface area contributed by atoms with Crippen molar-refractivity contribution in [3.63, 3.8) is 0 Å². The number of halogens is 1. The van der Waals surface area contributed by atoms with Crippen molar-refractivity contribution in [1.29, 1.82) is 0 Å². The number of terminal acetylenes is 1. The van der Waals surface area contributed by atoms with Gasteiger partial charge < -0.3 is 9.80 Å². The molecule has 0 atom stereocenters. The normalized spacial score (nSPS) is 14.9. The van der Waals surface area contributed by atoms with Crippen molar-refractivity contribution in [3.8, 4) is 12.3 Å². The first-order valence-corrected chi connectivity index (χ1v) is 8.72. The molecule has 1 saturated heterocycles. The Morgan fingerprint density at radius 1 is 1.14 bits per heavy atom. The zero-order valence-corrected chi connectivity index (χ0v) is 13.5. The molecule has 3 rings (SSSR count). The average Bonchev–Trinajstić information content (AvgIpc) is 3.03. The maximum Gasteiger partial charge on any atom is 0.209 e. The van der Waals surface area contributed by atoms with Crippen LogP contribution in [0, 0.1) is 18.2 Å². The van der Waals surface area contributed by atoms with Crippen LogP contribution in [-0.2, 0) is 0 Å². The molecular weight excluding hydrogens is 319 g/mol. The summed E-state index contributed by atoms with van der Waals surface area (Å²) >= 11 is 3.12. The molecule has 22 heavy (non-hydrogen) atoms. The second kappa shape index (κ2) is 6.99. The van der Waals surface area contributed by atoms with Crippen LogP contribution in [-0.4, -0.2) is 42.1 Å². The van der Waals surface area contributed by atoms with E-state index in [1.807, 2.05) is 12.1 Å². The van der Waals surface area contributed by atoms with Gasteiger partial charge in [0.05, 0.1) is 5.75 Å².